The van der Waals surface area contributed by atoms with Crippen LogP contribution in [0.3, 0.4) is 0 Å². The standard InChI is InChI=1S/C18H14O3/c1-12-9-16(21-18(12)13-5-3-2-4-6-13)14-7-8-15-17(10-14)20-11-19-15/h2-10H,11H2,1H3. The van der Waals surface area contributed by atoms with Crippen LogP contribution in [0.2, 0.25) is 0 Å². The number of ether oxygens (including phenoxy) is 2. The maximum Gasteiger partial charge on any atom is 0.231 e. The van der Waals surface area contributed by atoms with Gasteiger partial charge in [-0.15, -0.1) is 0 Å². The summed E-state index contributed by atoms with van der Waals surface area (Å²) < 4.78 is 16.8. The summed E-state index contributed by atoms with van der Waals surface area (Å²) in [6.45, 7) is 2.34. The second kappa shape index (κ2) is 4.70. The third-order valence-electron chi connectivity index (χ3n) is 3.61. The van der Waals surface area contributed by atoms with Gasteiger partial charge in [0.15, 0.2) is 11.5 Å². The second-order valence-electron chi connectivity index (χ2n) is 5.06. The average molecular weight is 278 g/mol. The van der Waals surface area contributed by atoms with Crippen LogP contribution in [-0.2, 0) is 0 Å². The van der Waals surface area contributed by atoms with Gasteiger partial charge in [0.25, 0.3) is 0 Å². The van der Waals surface area contributed by atoms with Crippen LogP contribution in [0.4, 0.5) is 0 Å². The van der Waals surface area contributed by atoms with Gasteiger partial charge in [-0.25, -0.2) is 0 Å². The monoisotopic (exact) mass is 278 g/mol. The molecule has 21 heavy (non-hydrogen) atoms. The van der Waals surface area contributed by atoms with E-state index in [0.717, 1.165) is 39.7 Å². The number of fused-ring (bicyclic) bond motifs is 1. The van der Waals surface area contributed by atoms with E-state index in [4.69, 9.17) is 13.9 Å². The lowest BCUT2D eigenvalue weighted by Crippen LogP contribution is -1.92. The van der Waals surface area contributed by atoms with Crippen LogP contribution < -0.4 is 9.47 Å². The van der Waals surface area contributed by atoms with Gasteiger partial charge in [-0.3, -0.25) is 0 Å². The molecule has 3 nitrogen and oxygen atoms in total. The molecule has 0 saturated heterocycles. The van der Waals surface area contributed by atoms with Gasteiger partial charge in [0.2, 0.25) is 6.79 Å². The first-order valence-electron chi connectivity index (χ1n) is 6.87. The van der Waals surface area contributed by atoms with Gasteiger partial charge in [0.1, 0.15) is 11.5 Å². The van der Waals surface area contributed by atoms with Gasteiger partial charge in [-0.1, -0.05) is 30.3 Å². The minimum Gasteiger partial charge on any atom is -0.456 e. The number of rotatable bonds is 2. The molecule has 2 aromatic carbocycles. The summed E-state index contributed by atoms with van der Waals surface area (Å²) in [4.78, 5) is 0. The van der Waals surface area contributed by atoms with Crippen molar-refractivity contribution in [2.45, 2.75) is 6.92 Å². The van der Waals surface area contributed by atoms with Crippen LogP contribution in [0.1, 0.15) is 5.56 Å². The molecule has 0 bridgehead atoms. The quantitative estimate of drug-likeness (QED) is 0.683. The zero-order valence-corrected chi connectivity index (χ0v) is 11.6. The van der Waals surface area contributed by atoms with Crippen LogP contribution in [-0.4, -0.2) is 6.79 Å². The molecule has 2 heterocycles. The van der Waals surface area contributed by atoms with E-state index in [1.807, 2.05) is 36.4 Å². The summed E-state index contributed by atoms with van der Waals surface area (Å²) in [6.07, 6.45) is 0. The van der Waals surface area contributed by atoms with E-state index in [2.05, 4.69) is 25.1 Å². The van der Waals surface area contributed by atoms with Gasteiger partial charge in [-0.2, -0.15) is 0 Å². The molecule has 0 amide bonds. The van der Waals surface area contributed by atoms with Gasteiger partial charge < -0.3 is 13.9 Å². The molecular weight excluding hydrogens is 264 g/mol. The molecule has 1 aliphatic rings. The Balaban J connectivity index is 1.77. The summed E-state index contributed by atoms with van der Waals surface area (Å²) in [5, 5.41) is 0. The lowest BCUT2D eigenvalue weighted by atomic mass is 10.1. The molecule has 3 aromatic rings. The SMILES string of the molecule is Cc1cc(-c2ccc3c(c2)OCO3)oc1-c1ccccc1. The van der Waals surface area contributed by atoms with Gasteiger partial charge in [0.05, 0.1) is 0 Å². The van der Waals surface area contributed by atoms with Crippen LogP contribution in [0.25, 0.3) is 22.6 Å². The molecule has 0 radical (unpaired) electrons. The topological polar surface area (TPSA) is 31.6 Å². The Kier molecular flexibility index (Phi) is 2.71. The summed E-state index contributed by atoms with van der Waals surface area (Å²) in [5.41, 5.74) is 3.19. The Morgan fingerprint density at radius 1 is 0.810 bits per heavy atom. The highest BCUT2D eigenvalue weighted by atomic mass is 16.7. The maximum absolute atomic E-state index is 6.05. The number of hydrogen-bond donors (Lipinski definition) is 0. The van der Waals surface area contributed by atoms with Gasteiger partial charge in [0, 0.05) is 11.1 Å². The van der Waals surface area contributed by atoms with Crippen LogP contribution in [0, 0.1) is 6.92 Å². The van der Waals surface area contributed by atoms with E-state index >= 15 is 0 Å². The summed E-state index contributed by atoms with van der Waals surface area (Å²) >= 11 is 0. The highest BCUT2D eigenvalue weighted by Crippen LogP contribution is 2.38. The van der Waals surface area contributed by atoms with Crippen LogP contribution in [0.5, 0.6) is 11.5 Å². The fourth-order valence-corrected chi connectivity index (χ4v) is 2.55. The first kappa shape index (κ1) is 12.1. The molecule has 1 aromatic heterocycles. The third-order valence-corrected chi connectivity index (χ3v) is 3.61. The smallest absolute Gasteiger partial charge is 0.231 e. The zero-order valence-electron chi connectivity index (χ0n) is 11.6. The Morgan fingerprint density at radius 3 is 2.48 bits per heavy atom. The molecule has 0 N–H and O–H groups in total. The Morgan fingerprint density at radius 2 is 1.62 bits per heavy atom. The molecule has 104 valence electrons. The highest BCUT2D eigenvalue weighted by Gasteiger charge is 2.16. The van der Waals surface area contributed by atoms with Crippen molar-refractivity contribution in [3.8, 4) is 34.1 Å². The normalized spacial score (nSPS) is 12.6. The van der Waals surface area contributed by atoms with Crippen molar-refractivity contribution in [3.63, 3.8) is 0 Å². The van der Waals surface area contributed by atoms with Crippen molar-refractivity contribution >= 4 is 0 Å². The Labute approximate surface area is 122 Å². The molecule has 0 saturated carbocycles. The molecule has 0 atom stereocenters. The molecule has 0 aliphatic carbocycles. The average Bonchev–Trinajstić information content (AvgIpc) is 3.13. The van der Waals surface area contributed by atoms with Gasteiger partial charge >= 0.3 is 0 Å². The summed E-state index contributed by atoms with van der Waals surface area (Å²) in [5.74, 6) is 3.29. The largest absolute Gasteiger partial charge is 0.456 e. The molecule has 0 fully saturated rings. The second-order valence-corrected chi connectivity index (χ2v) is 5.06. The van der Waals surface area contributed by atoms with E-state index in [-0.39, 0.29) is 6.79 Å². The predicted octanol–water partition coefficient (Wildman–Crippen LogP) is 4.65. The Bertz CT molecular complexity index is 787. The maximum atomic E-state index is 6.05. The molecule has 0 spiro atoms. The fourth-order valence-electron chi connectivity index (χ4n) is 2.55. The van der Waals surface area contributed by atoms with Crippen molar-refractivity contribution in [2.24, 2.45) is 0 Å². The molecule has 4 rings (SSSR count). The molecular formula is C18H14O3. The minimum atomic E-state index is 0.283. The highest BCUT2D eigenvalue weighted by molar-refractivity contribution is 5.70. The molecule has 3 heteroatoms. The predicted molar refractivity (Wildman–Crippen MR) is 80.4 cm³/mol. The van der Waals surface area contributed by atoms with Crippen LogP contribution in [0.15, 0.2) is 59.0 Å². The first-order valence-corrected chi connectivity index (χ1v) is 6.87. The third kappa shape index (κ3) is 2.07. The van der Waals surface area contributed by atoms with E-state index in [9.17, 15) is 0 Å². The van der Waals surface area contributed by atoms with Crippen molar-refractivity contribution in [2.75, 3.05) is 6.79 Å². The zero-order chi connectivity index (χ0) is 14.2. The van der Waals surface area contributed by atoms with E-state index in [0.29, 0.717) is 0 Å². The number of furan rings is 1. The minimum absolute atomic E-state index is 0.283. The first-order chi connectivity index (χ1) is 10.3. The summed E-state index contributed by atoms with van der Waals surface area (Å²) in [7, 11) is 0. The van der Waals surface area contributed by atoms with E-state index in [1.165, 1.54) is 0 Å². The van der Waals surface area contributed by atoms with E-state index in [1.54, 1.807) is 0 Å². The lowest BCUT2D eigenvalue weighted by Gasteiger charge is -2.00. The molecule has 1 aliphatic heterocycles. The fraction of sp³-hybridized carbons (Fsp3) is 0.111. The van der Waals surface area contributed by atoms with Gasteiger partial charge in [-0.05, 0) is 36.8 Å². The number of benzene rings is 2. The van der Waals surface area contributed by atoms with Crippen molar-refractivity contribution in [1.29, 1.82) is 0 Å². The number of hydrogen-bond acceptors (Lipinski definition) is 3. The van der Waals surface area contributed by atoms with Crippen molar-refractivity contribution in [1.82, 2.24) is 0 Å². The Hall–Kier alpha value is -2.68. The van der Waals surface area contributed by atoms with Crippen molar-refractivity contribution in [3.05, 3.63) is 60.2 Å². The van der Waals surface area contributed by atoms with E-state index < -0.39 is 0 Å². The van der Waals surface area contributed by atoms with Crippen LogP contribution >= 0.6 is 0 Å². The summed E-state index contributed by atoms with van der Waals surface area (Å²) in [6, 6.07) is 18.0. The lowest BCUT2D eigenvalue weighted by molar-refractivity contribution is 0.174. The molecule has 0 unspecified atom stereocenters. The van der Waals surface area contributed by atoms with Crippen molar-refractivity contribution < 1.29 is 13.9 Å². The number of aryl methyl sites for hydroxylation is 1.